The summed E-state index contributed by atoms with van der Waals surface area (Å²) < 4.78 is 47.5. The maximum Gasteiger partial charge on any atom is 0.247 e. The van der Waals surface area contributed by atoms with E-state index in [1.165, 1.54) is 38.9 Å². The minimum absolute atomic E-state index is 0.0406. The molecule has 1 aliphatic heterocycles. The van der Waals surface area contributed by atoms with Gasteiger partial charge in [0.2, 0.25) is 15.9 Å². The van der Waals surface area contributed by atoms with Gasteiger partial charge in [0, 0.05) is 6.54 Å². The molecule has 170 valence electrons. The van der Waals surface area contributed by atoms with Crippen molar-refractivity contribution in [3.63, 3.8) is 0 Å². The Kier molecular flexibility index (Phi) is 5.73. The molecule has 1 saturated heterocycles. The number of amides is 1. The van der Waals surface area contributed by atoms with Crippen LogP contribution in [0.15, 0.2) is 76.2 Å². The SMILES string of the molecule is O=C([C@@H]1CCCN1S(=O)(=O)c1ccc(F)cc1)N(Cc1ccco1)c1nc2ccccc2s1. The summed E-state index contributed by atoms with van der Waals surface area (Å²) >= 11 is 1.36. The molecule has 0 radical (unpaired) electrons. The van der Waals surface area contributed by atoms with Crippen molar-refractivity contribution in [2.75, 3.05) is 11.4 Å². The lowest BCUT2D eigenvalue weighted by atomic mass is 10.2. The Bertz CT molecular complexity index is 1350. The fraction of sp³-hybridized carbons (Fsp3) is 0.217. The highest BCUT2D eigenvalue weighted by Gasteiger charge is 2.42. The van der Waals surface area contributed by atoms with E-state index in [9.17, 15) is 17.6 Å². The number of carbonyl (C=O) groups excluding carboxylic acids is 1. The molecule has 0 aliphatic carbocycles. The second-order valence-corrected chi connectivity index (χ2v) is 10.6. The number of carbonyl (C=O) groups is 1. The van der Waals surface area contributed by atoms with Crippen LogP contribution in [0.1, 0.15) is 18.6 Å². The number of sulfonamides is 1. The first kappa shape index (κ1) is 21.7. The van der Waals surface area contributed by atoms with E-state index in [4.69, 9.17) is 4.42 Å². The maximum atomic E-state index is 13.8. The third kappa shape index (κ3) is 4.17. The predicted octanol–water partition coefficient (Wildman–Crippen LogP) is 4.41. The van der Waals surface area contributed by atoms with Crippen LogP contribution < -0.4 is 4.90 Å². The van der Waals surface area contributed by atoms with Crippen molar-refractivity contribution in [3.8, 4) is 0 Å². The Morgan fingerprint density at radius 2 is 1.94 bits per heavy atom. The monoisotopic (exact) mass is 485 g/mol. The normalized spacial score (nSPS) is 16.9. The molecule has 2 aromatic heterocycles. The van der Waals surface area contributed by atoms with Gasteiger partial charge in [-0.1, -0.05) is 23.5 Å². The van der Waals surface area contributed by atoms with E-state index < -0.39 is 21.9 Å². The van der Waals surface area contributed by atoms with Gasteiger partial charge in [0.1, 0.15) is 17.6 Å². The number of anilines is 1. The van der Waals surface area contributed by atoms with Crippen molar-refractivity contribution in [2.45, 2.75) is 30.3 Å². The number of thiazole rings is 1. The Labute approximate surface area is 194 Å². The van der Waals surface area contributed by atoms with Gasteiger partial charge in [-0.2, -0.15) is 4.31 Å². The molecular weight excluding hydrogens is 465 g/mol. The minimum atomic E-state index is -3.97. The van der Waals surface area contributed by atoms with Gasteiger partial charge in [-0.3, -0.25) is 9.69 Å². The molecule has 1 fully saturated rings. The maximum absolute atomic E-state index is 13.8. The van der Waals surface area contributed by atoms with Crippen LogP contribution >= 0.6 is 11.3 Å². The molecule has 33 heavy (non-hydrogen) atoms. The lowest BCUT2D eigenvalue weighted by Crippen LogP contribution is -2.47. The minimum Gasteiger partial charge on any atom is -0.467 e. The largest absolute Gasteiger partial charge is 0.467 e. The number of para-hydroxylation sites is 1. The third-order valence-electron chi connectivity index (χ3n) is 5.58. The molecule has 5 rings (SSSR count). The quantitative estimate of drug-likeness (QED) is 0.404. The van der Waals surface area contributed by atoms with E-state index in [1.807, 2.05) is 24.3 Å². The van der Waals surface area contributed by atoms with Crippen molar-refractivity contribution in [3.05, 3.63) is 78.5 Å². The van der Waals surface area contributed by atoms with E-state index in [-0.39, 0.29) is 23.9 Å². The van der Waals surface area contributed by atoms with E-state index in [2.05, 4.69) is 4.98 Å². The molecule has 4 aromatic rings. The Morgan fingerprint density at radius 3 is 2.67 bits per heavy atom. The van der Waals surface area contributed by atoms with Gasteiger partial charge >= 0.3 is 0 Å². The Hall–Kier alpha value is -3.08. The summed E-state index contributed by atoms with van der Waals surface area (Å²) in [5, 5.41) is 0.476. The standard InChI is InChI=1S/C23H20FN3O4S2/c24-16-9-11-18(12-10-16)33(29,30)27-13-3-7-20(27)22(28)26(15-17-5-4-14-31-17)23-25-19-6-1-2-8-21(19)32-23/h1-2,4-6,8-12,14,20H,3,7,13,15H2/t20-/m0/s1. The highest BCUT2D eigenvalue weighted by Crippen LogP contribution is 2.33. The third-order valence-corrected chi connectivity index (χ3v) is 8.56. The fourth-order valence-electron chi connectivity index (χ4n) is 3.97. The number of rotatable bonds is 6. The number of nitrogens with zero attached hydrogens (tertiary/aromatic N) is 3. The molecule has 1 amide bonds. The first-order valence-corrected chi connectivity index (χ1v) is 12.7. The number of hydrogen-bond acceptors (Lipinski definition) is 6. The van der Waals surface area contributed by atoms with Gasteiger partial charge in [-0.25, -0.2) is 17.8 Å². The van der Waals surface area contributed by atoms with Crippen LogP contribution in [-0.2, 0) is 21.4 Å². The molecule has 0 spiro atoms. The second kappa shape index (κ2) is 8.69. The van der Waals surface area contributed by atoms with Crippen LogP contribution in [-0.4, -0.2) is 36.2 Å². The van der Waals surface area contributed by atoms with Gasteiger partial charge in [0.25, 0.3) is 0 Å². The van der Waals surface area contributed by atoms with Crippen LogP contribution in [0.5, 0.6) is 0 Å². The molecular formula is C23H20FN3O4S2. The topological polar surface area (TPSA) is 83.7 Å². The van der Waals surface area contributed by atoms with Gasteiger partial charge in [0.05, 0.1) is 27.9 Å². The van der Waals surface area contributed by atoms with Crippen molar-refractivity contribution < 1.29 is 22.0 Å². The van der Waals surface area contributed by atoms with E-state index >= 15 is 0 Å². The van der Waals surface area contributed by atoms with Crippen molar-refractivity contribution >= 4 is 42.6 Å². The van der Waals surface area contributed by atoms with E-state index in [0.717, 1.165) is 22.3 Å². The van der Waals surface area contributed by atoms with Crippen LogP contribution in [0.2, 0.25) is 0 Å². The van der Waals surface area contributed by atoms with Crippen LogP contribution in [0.25, 0.3) is 10.2 Å². The number of benzene rings is 2. The smallest absolute Gasteiger partial charge is 0.247 e. The van der Waals surface area contributed by atoms with Gasteiger partial charge in [-0.15, -0.1) is 0 Å². The summed E-state index contributed by atoms with van der Waals surface area (Å²) in [6.07, 6.45) is 2.46. The van der Waals surface area contributed by atoms with Gasteiger partial charge < -0.3 is 4.42 Å². The first-order chi connectivity index (χ1) is 15.9. The average molecular weight is 486 g/mol. The molecule has 0 bridgehead atoms. The van der Waals surface area contributed by atoms with Crippen molar-refractivity contribution in [2.24, 2.45) is 0 Å². The van der Waals surface area contributed by atoms with Gasteiger partial charge in [0.15, 0.2) is 5.13 Å². The number of fused-ring (bicyclic) bond motifs is 1. The molecule has 10 heteroatoms. The highest BCUT2D eigenvalue weighted by atomic mass is 32.2. The Morgan fingerprint density at radius 1 is 1.15 bits per heavy atom. The lowest BCUT2D eigenvalue weighted by Gasteiger charge is -2.28. The highest BCUT2D eigenvalue weighted by molar-refractivity contribution is 7.89. The number of halogens is 1. The summed E-state index contributed by atoms with van der Waals surface area (Å²) in [4.78, 5) is 19.8. The van der Waals surface area contributed by atoms with Crippen molar-refractivity contribution in [1.82, 2.24) is 9.29 Å². The van der Waals surface area contributed by atoms with Crippen LogP contribution in [0.4, 0.5) is 9.52 Å². The summed E-state index contributed by atoms with van der Waals surface area (Å²) in [7, 11) is -3.97. The second-order valence-electron chi connectivity index (χ2n) is 7.70. The average Bonchev–Trinajstić information content (AvgIpc) is 3.57. The molecule has 0 N–H and O–H groups in total. The molecule has 3 heterocycles. The fourth-order valence-corrected chi connectivity index (χ4v) is 6.59. The summed E-state index contributed by atoms with van der Waals surface area (Å²) in [5.74, 6) is -0.328. The first-order valence-electron chi connectivity index (χ1n) is 10.4. The number of hydrogen-bond donors (Lipinski definition) is 0. The molecule has 1 atom stereocenters. The van der Waals surface area contributed by atoms with Crippen molar-refractivity contribution in [1.29, 1.82) is 0 Å². The lowest BCUT2D eigenvalue weighted by molar-refractivity contribution is -0.121. The molecule has 1 aliphatic rings. The Balaban J connectivity index is 1.50. The zero-order valence-corrected chi connectivity index (χ0v) is 19.1. The predicted molar refractivity (Wildman–Crippen MR) is 123 cm³/mol. The molecule has 0 saturated carbocycles. The van der Waals surface area contributed by atoms with Crippen LogP contribution in [0, 0.1) is 5.82 Å². The van der Waals surface area contributed by atoms with Gasteiger partial charge in [-0.05, 0) is 61.4 Å². The molecule has 2 aromatic carbocycles. The zero-order valence-electron chi connectivity index (χ0n) is 17.4. The number of furan rings is 1. The number of aromatic nitrogens is 1. The van der Waals surface area contributed by atoms with E-state index in [0.29, 0.717) is 23.7 Å². The summed E-state index contributed by atoms with van der Waals surface area (Å²) in [6.45, 7) is 0.344. The summed E-state index contributed by atoms with van der Waals surface area (Å²) in [5.41, 5.74) is 0.761. The van der Waals surface area contributed by atoms with E-state index in [1.54, 1.807) is 12.1 Å². The van der Waals surface area contributed by atoms with Crippen LogP contribution in [0.3, 0.4) is 0 Å². The molecule has 7 nitrogen and oxygen atoms in total. The zero-order chi connectivity index (χ0) is 23.0. The summed E-state index contributed by atoms with van der Waals surface area (Å²) in [6, 6.07) is 14.8. The molecule has 0 unspecified atom stereocenters.